The number of nitrogens with zero attached hydrogens (tertiary/aromatic N) is 2. The third kappa shape index (κ3) is 4.80. The smallest absolute Gasteiger partial charge is 0.480 e. The second-order valence-corrected chi connectivity index (χ2v) is 7.01. The van der Waals surface area contributed by atoms with Crippen LogP contribution in [0.3, 0.4) is 0 Å². The number of fused-ring (bicyclic) bond motifs is 1. The average Bonchev–Trinajstić information content (AvgIpc) is 3.04. The minimum atomic E-state index is -5.08. The summed E-state index contributed by atoms with van der Waals surface area (Å²) in [6.45, 7) is 1.53. The van der Waals surface area contributed by atoms with Crippen LogP contribution in [0, 0.1) is 5.92 Å². The molecule has 170 valence electrons. The normalized spacial score (nSPS) is 25.0. The number of alkyl halides is 3. The first-order valence-electron chi connectivity index (χ1n) is 9.11. The Kier molecular flexibility index (Phi) is 6.22. The van der Waals surface area contributed by atoms with Crippen LogP contribution >= 0.6 is 0 Å². The summed E-state index contributed by atoms with van der Waals surface area (Å²) in [5.41, 5.74) is -0.714. The molecule has 1 aromatic heterocycles. The molecular weight excluding hydrogens is 429 g/mol. The fourth-order valence-corrected chi connectivity index (χ4v) is 3.41. The predicted molar refractivity (Wildman–Crippen MR) is 96.7 cm³/mol. The largest absolute Gasteiger partial charge is 0.490 e. The van der Waals surface area contributed by atoms with E-state index in [1.54, 1.807) is 12.1 Å². The van der Waals surface area contributed by atoms with E-state index >= 15 is 0 Å². The lowest BCUT2D eigenvalue weighted by atomic mass is 9.82. The highest BCUT2D eigenvalue weighted by molar-refractivity contribution is 5.95. The van der Waals surface area contributed by atoms with E-state index in [4.69, 9.17) is 19.4 Å². The molecule has 1 spiro atoms. The number of aliphatic carboxylic acids is 1. The number of piperidine rings is 1. The molecule has 2 saturated heterocycles. The zero-order valence-corrected chi connectivity index (χ0v) is 15.9. The van der Waals surface area contributed by atoms with Gasteiger partial charge in [-0.1, -0.05) is 0 Å². The number of carboxylic acid groups (broad SMARTS) is 1. The van der Waals surface area contributed by atoms with E-state index in [2.05, 4.69) is 15.6 Å². The van der Waals surface area contributed by atoms with Crippen LogP contribution in [0.2, 0.25) is 0 Å². The van der Waals surface area contributed by atoms with Crippen LogP contribution in [0.4, 0.5) is 29.6 Å². The molecule has 4 N–H and O–H groups in total. The van der Waals surface area contributed by atoms with Crippen LogP contribution in [0.15, 0.2) is 12.1 Å². The van der Waals surface area contributed by atoms with Gasteiger partial charge in [0.2, 0.25) is 0 Å². The summed E-state index contributed by atoms with van der Waals surface area (Å²) in [5.74, 6) is -2.06. The third-order valence-electron chi connectivity index (χ3n) is 5.00. The lowest BCUT2D eigenvalue weighted by molar-refractivity contribution is -0.192. The Bertz CT molecular complexity index is 882. The van der Waals surface area contributed by atoms with Crippen LogP contribution in [-0.2, 0) is 14.3 Å². The molecule has 4 heterocycles. The molecule has 0 aliphatic carbocycles. The van der Waals surface area contributed by atoms with Crippen molar-refractivity contribution < 1.29 is 47.2 Å². The number of hydrogen-bond acceptors (Lipinski definition) is 8. The molecular formula is C17H19F3N4O7. The quantitative estimate of drug-likeness (QED) is 0.502. The maximum Gasteiger partial charge on any atom is 0.490 e. The zero-order valence-electron chi connectivity index (χ0n) is 15.9. The fourth-order valence-electron chi connectivity index (χ4n) is 3.41. The maximum atomic E-state index is 12.4. The van der Waals surface area contributed by atoms with Crippen molar-refractivity contribution in [2.45, 2.75) is 18.2 Å². The monoisotopic (exact) mass is 448 g/mol. The molecule has 0 radical (unpaired) electrons. The minimum Gasteiger partial charge on any atom is -0.480 e. The number of halogens is 3. The molecule has 2 fully saturated rings. The van der Waals surface area contributed by atoms with E-state index in [0.717, 1.165) is 6.54 Å². The molecule has 14 heteroatoms. The van der Waals surface area contributed by atoms with Crippen molar-refractivity contribution in [3.8, 4) is 5.75 Å². The van der Waals surface area contributed by atoms with Gasteiger partial charge in [-0.25, -0.2) is 14.6 Å². The van der Waals surface area contributed by atoms with E-state index < -0.39 is 23.8 Å². The van der Waals surface area contributed by atoms with Gasteiger partial charge in [0.15, 0.2) is 18.2 Å². The number of aliphatic hydroxyl groups is 1. The lowest BCUT2D eigenvalue weighted by Crippen LogP contribution is -2.54. The van der Waals surface area contributed by atoms with Crippen molar-refractivity contribution in [1.82, 2.24) is 10.3 Å². The highest BCUT2D eigenvalue weighted by Gasteiger charge is 2.52. The number of carboxylic acids is 1. The van der Waals surface area contributed by atoms with E-state index in [1.807, 2.05) is 0 Å². The SMILES string of the molecule is O=C(O)C(F)(F)F.O=C1COc2ccc(N3CC4(CCNCC4CO)OC3=O)nc2N1. The molecule has 0 bridgehead atoms. The molecule has 2 amide bonds. The van der Waals surface area contributed by atoms with E-state index in [9.17, 15) is 27.9 Å². The molecule has 1 aromatic rings. The molecule has 2 unspecified atom stereocenters. The van der Waals surface area contributed by atoms with Gasteiger partial charge in [0.25, 0.3) is 5.91 Å². The van der Waals surface area contributed by atoms with Crippen LogP contribution in [0.1, 0.15) is 6.42 Å². The van der Waals surface area contributed by atoms with E-state index in [1.165, 1.54) is 4.90 Å². The Morgan fingerprint density at radius 3 is 2.71 bits per heavy atom. The van der Waals surface area contributed by atoms with Gasteiger partial charge in [0.05, 0.1) is 13.2 Å². The number of rotatable bonds is 2. The highest BCUT2D eigenvalue weighted by atomic mass is 19.4. The minimum absolute atomic E-state index is 0.0475. The molecule has 3 aliphatic rings. The first-order chi connectivity index (χ1) is 14.6. The van der Waals surface area contributed by atoms with Crippen molar-refractivity contribution in [1.29, 1.82) is 0 Å². The fraction of sp³-hybridized carbons (Fsp3) is 0.529. The molecule has 0 aromatic carbocycles. The van der Waals surface area contributed by atoms with E-state index in [0.29, 0.717) is 36.9 Å². The summed E-state index contributed by atoms with van der Waals surface area (Å²) in [7, 11) is 0. The van der Waals surface area contributed by atoms with Gasteiger partial charge >= 0.3 is 18.2 Å². The van der Waals surface area contributed by atoms with Crippen molar-refractivity contribution >= 4 is 29.6 Å². The number of carbonyl (C=O) groups excluding carboxylic acids is 2. The Balaban J connectivity index is 0.000000339. The number of pyridine rings is 1. The zero-order chi connectivity index (χ0) is 22.8. The maximum absolute atomic E-state index is 12.4. The number of hydrogen-bond donors (Lipinski definition) is 4. The Morgan fingerprint density at radius 1 is 1.35 bits per heavy atom. The van der Waals surface area contributed by atoms with Gasteiger partial charge < -0.3 is 30.3 Å². The van der Waals surface area contributed by atoms with E-state index in [-0.39, 0.29) is 25.0 Å². The molecule has 4 rings (SSSR count). The highest BCUT2D eigenvalue weighted by Crippen LogP contribution is 2.38. The summed E-state index contributed by atoms with van der Waals surface area (Å²) in [6, 6.07) is 3.33. The first-order valence-corrected chi connectivity index (χ1v) is 9.11. The Labute approximate surface area is 173 Å². The van der Waals surface area contributed by atoms with Gasteiger partial charge in [-0.3, -0.25) is 9.69 Å². The molecule has 31 heavy (non-hydrogen) atoms. The van der Waals surface area contributed by atoms with Crippen LogP contribution < -0.4 is 20.3 Å². The van der Waals surface area contributed by atoms with Crippen molar-refractivity contribution in [3.05, 3.63) is 12.1 Å². The topological polar surface area (TPSA) is 150 Å². The summed E-state index contributed by atoms with van der Waals surface area (Å²) < 4.78 is 42.7. The number of amides is 2. The lowest BCUT2D eigenvalue weighted by Gasteiger charge is -2.38. The standard InChI is InChI=1S/C15H18N4O5.C2HF3O2/c20-6-9-5-16-4-3-15(9)8-19(14(22)24-15)11-2-1-10-13(17-11)18-12(21)7-23-10;3-2(4,5)1(6)7/h1-2,9,16,20H,3-8H2,(H,17,18,21);(H,6,7). The van der Waals surface area contributed by atoms with Crippen molar-refractivity contribution in [2.75, 3.05) is 43.1 Å². The second-order valence-electron chi connectivity index (χ2n) is 7.01. The van der Waals surface area contributed by atoms with Gasteiger partial charge in [-0.2, -0.15) is 13.2 Å². The number of aliphatic hydroxyl groups excluding tert-OH is 1. The predicted octanol–water partition coefficient (Wildman–Crippen LogP) is 0.343. The van der Waals surface area contributed by atoms with Crippen molar-refractivity contribution in [3.63, 3.8) is 0 Å². The van der Waals surface area contributed by atoms with Gasteiger partial charge in [-0.15, -0.1) is 0 Å². The number of ether oxygens (including phenoxy) is 2. The first kappa shape index (κ1) is 22.6. The number of anilines is 2. The van der Waals surface area contributed by atoms with Crippen LogP contribution in [0.5, 0.6) is 5.75 Å². The molecule has 0 saturated carbocycles. The average molecular weight is 448 g/mol. The van der Waals surface area contributed by atoms with Crippen LogP contribution in [0.25, 0.3) is 0 Å². The Hall–Kier alpha value is -3.13. The summed E-state index contributed by atoms with van der Waals surface area (Å²) in [5, 5.41) is 22.6. The molecule has 11 nitrogen and oxygen atoms in total. The summed E-state index contributed by atoms with van der Waals surface area (Å²) >= 11 is 0. The second kappa shape index (κ2) is 8.55. The summed E-state index contributed by atoms with van der Waals surface area (Å²) in [6.07, 6.45) is -4.95. The Morgan fingerprint density at radius 2 is 2.06 bits per heavy atom. The number of aromatic nitrogens is 1. The van der Waals surface area contributed by atoms with Crippen molar-refractivity contribution in [2.24, 2.45) is 5.92 Å². The van der Waals surface area contributed by atoms with Gasteiger partial charge in [0.1, 0.15) is 11.4 Å². The van der Waals surface area contributed by atoms with Gasteiger partial charge in [0, 0.05) is 18.9 Å². The number of nitrogens with one attached hydrogen (secondary N) is 2. The number of carbonyl (C=O) groups is 3. The third-order valence-corrected chi connectivity index (χ3v) is 5.00. The molecule has 3 aliphatic heterocycles. The van der Waals surface area contributed by atoms with Crippen LogP contribution in [-0.4, -0.2) is 77.8 Å². The van der Waals surface area contributed by atoms with Gasteiger partial charge in [-0.05, 0) is 18.7 Å². The summed E-state index contributed by atoms with van der Waals surface area (Å²) in [4.78, 5) is 38.5. The molecule has 2 atom stereocenters.